The Kier molecular flexibility index (Phi) is 9.94. The van der Waals surface area contributed by atoms with E-state index in [-0.39, 0.29) is 44.0 Å². The molecule has 2 aliphatic heterocycles. The van der Waals surface area contributed by atoms with Gasteiger partial charge >= 0.3 is 6.09 Å². The number of amides is 4. The molecule has 2 saturated carbocycles. The number of methoxy groups -OCH3 is 1. The van der Waals surface area contributed by atoms with Gasteiger partial charge in [0.05, 0.1) is 26.5 Å². The van der Waals surface area contributed by atoms with Crippen molar-refractivity contribution in [2.45, 2.75) is 87.3 Å². The zero-order chi connectivity index (χ0) is 36.7. The summed E-state index contributed by atoms with van der Waals surface area (Å²) in [5, 5.41) is 26.1. The first kappa shape index (κ1) is 36.4. The van der Waals surface area contributed by atoms with Crippen molar-refractivity contribution in [1.29, 1.82) is 0 Å². The van der Waals surface area contributed by atoms with Crippen LogP contribution in [0.5, 0.6) is 11.6 Å². The van der Waals surface area contributed by atoms with E-state index >= 15 is 0 Å². The van der Waals surface area contributed by atoms with Crippen molar-refractivity contribution in [1.82, 2.24) is 25.2 Å². The quantitative estimate of drug-likeness (QED) is 0.248. The molecular weight excluding hydrogens is 682 g/mol. The van der Waals surface area contributed by atoms with Gasteiger partial charge in [0.15, 0.2) is 0 Å². The number of pyridine rings is 1. The highest BCUT2D eigenvalue weighted by molar-refractivity contribution is 7.91. The zero-order valence-electron chi connectivity index (χ0n) is 28.8. The van der Waals surface area contributed by atoms with Crippen LogP contribution in [-0.4, -0.2) is 101 Å². The highest BCUT2D eigenvalue weighted by Gasteiger charge is 2.64. The minimum absolute atomic E-state index is 0.0195. The monoisotopic (exact) mass is 727 g/mol. The molecule has 0 bridgehead atoms. The Hall–Kier alpha value is -4.44. The fourth-order valence-corrected chi connectivity index (χ4v) is 8.93. The first-order valence-electron chi connectivity index (χ1n) is 17.3. The van der Waals surface area contributed by atoms with Gasteiger partial charge in [-0.2, -0.15) is 0 Å². The van der Waals surface area contributed by atoms with Crippen LogP contribution in [0, 0.1) is 17.8 Å². The summed E-state index contributed by atoms with van der Waals surface area (Å²) in [6, 6.07) is 4.93. The molecule has 1 aromatic carbocycles. The van der Waals surface area contributed by atoms with E-state index in [4.69, 9.17) is 9.47 Å². The third-order valence-corrected chi connectivity index (χ3v) is 12.9. The molecule has 3 fully saturated rings. The average molecular weight is 728 g/mol. The van der Waals surface area contributed by atoms with Crippen molar-refractivity contribution in [3.05, 3.63) is 42.6 Å². The molecule has 1 saturated heterocycles. The van der Waals surface area contributed by atoms with Gasteiger partial charge in [-0.1, -0.05) is 44.2 Å². The molecule has 2 aromatic rings. The molecule has 16 heteroatoms. The van der Waals surface area contributed by atoms with Crippen molar-refractivity contribution in [3.63, 3.8) is 0 Å². The van der Waals surface area contributed by atoms with E-state index in [1.165, 1.54) is 18.2 Å². The molecule has 0 spiro atoms. The molecule has 4 aliphatic rings. The zero-order valence-corrected chi connectivity index (χ0v) is 29.6. The summed E-state index contributed by atoms with van der Waals surface area (Å²) in [5.41, 5.74) is -1.62. The lowest BCUT2D eigenvalue weighted by atomic mass is 9.88. The van der Waals surface area contributed by atoms with E-state index in [1.54, 1.807) is 13.0 Å². The second kappa shape index (κ2) is 13.9. The number of aromatic nitrogens is 1. The molecule has 6 rings (SSSR count). The summed E-state index contributed by atoms with van der Waals surface area (Å²) < 4.78 is 38.8. The Morgan fingerprint density at radius 2 is 1.86 bits per heavy atom. The van der Waals surface area contributed by atoms with Crippen molar-refractivity contribution >= 4 is 44.6 Å². The summed E-state index contributed by atoms with van der Waals surface area (Å²) in [5.74, 6) is -2.30. The maximum atomic E-state index is 14.3. The second-order valence-corrected chi connectivity index (χ2v) is 16.5. The fourth-order valence-electron chi connectivity index (χ4n) is 7.48. The number of benzene rings is 1. The predicted molar refractivity (Wildman–Crippen MR) is 184 cm³/mol. The predicted octanol–water partition coefficient (Wildman–Crippen LogP) is 2.09. The van der Waals surface area contributed by atoms with Crippen LogP contribution in [0.15, 0.2) is 42.6 Å². The largest absolute Gasteiger partial charge is 0.494 e. The van der Waals surface area contributed by atoms with E-state index in [0.29, 0.717) is 30.4 Å². The van der Waals surface area contributed by atoms with E-state index in [1.807, 2.05) is 37.3 Å². The lowest BCUT2D eigenvalue weighted by molar-refractivity contribution is -0.142. The SMILES string of the molecule is COc1cnc(O[C@@H]2C[C@H]3C(=O)N[C@]4(C(=O)NS(=O)(=O)C5(CO)CC5)C[C@H]4/C=C\CC[C@@H](C)C[C@@H](C)[C@H](NC(=O)O)C(=O)N3C2)c2ccccc12. The number of aliphatic hydroxyl groups is 1. The smallest absolute Gasteiger partial charge is 0.405 e. The number of carboxylic acid groups (broad SMARTS) is 1. The van der Waals surface area contributed by atoms with E-state index in [2.05, 4.69) is 20.3 Å². The number of fused-ring (bicyclic) bond motifs is 3. The highest BCUT2D eigenvalue weighted by Crippen LogP contribution is 2.47. The number of hydrogen-bond donors (Lipinski definition) is 5. The Bertz CT molecular complexity index is 1850. The third-order valence-electron chi connectivity index (χ3n) is 10.8. The number of carbonyl (C=O) groups excluding carboxylic acids is 3. The Morgan fingerprint density at radius 3 is 2.53 bits per heavy atom. The van der Waals surface area contributed by atoms with Crippen LogP contribution < -0.4 is 24.8 Å². The van der Waals surface area contributed by atoms with Gasteiger partial charge in [0.1, 0.15) is 34.2 Å². The Morgan fingerprint density at radius 1 is 1.14 bits per heavy atom. The molecule has 7 atom stereocenters. The molecule has 4 amide bonds. The van der Waals surface area contributed by atoms with E-state index < -0.39 is 80.8 Å². The van der Waals surface area contributed by atoms with Crippen LogP contribution in [0.25, 0.3) is 10.8 Å². The maximum Gasteiger partial charge on any atom is 0.405 e. The van der Waals surface area contributed by atoms with Crippen LogP contribution >= 0.6 is 0 Å². The van der Waals surface area contributed by atoms with Gasteiger partial charge in [0.25, 0.3) is 5.91 Å². The number of allylic oxidation sites excluding steroid dienone is 1. The van der Waals surface area contributed by atoms with Crippen molar-refractivity contribution in [2.75, 3.05) is 20.3 Å². The molecular formula is C35H45N5O10S. The van der Waals surface area contributed by atoms with E-state index in [0.717, 1.165) is 5.39 Å². The Balaban J connectivity index is 1.34. The van der Waals surface area contributed by atoms with Crippen LogP contribution in [0.3, 0.4) is 0 Å². The molecule has 3 heterocycles. The standard InChI is InChI=1S/C35H45N5O10S/c1-20-8-4-5-9-22-16-35(22,32(44)39-51(47,48)34(19-41)12-13-34)38-29(42)26-15-23(18-40(26)31(43)28(21(2)14-20)37-33(45)46)50-30-25-11-7-6-10-24(25)27(49-3)17-36-30/h5-7,9-11,17,20-23,26,28,37,41H,4,8,12-16,18-19H2,1-3H3,(H,38,42)(H,39,44)(H,45,46)/b9-5-/t20-,21-,22-,23-,26+,28+,35-/m1/s1. The topological polar surface area (TPSA) is 214 Å². The van der Waals surface area contributed by atoms with Gasteiger partial charge < -0.3 is 35.2 Å². The van der Waals surface area contributed by atoms with Crippen molar-refractivity contribution in [3.8, 4) is 11.6 Å². The summed E-state index contributed by atoms with van der Waals surface area (Å²) in [4.78, 5) is 60.1. The van der Waals surface area contributed by atoms with Crippen molar-refractivity contribution in [2.24, 2.45) is 17.8 Å². The summed E-state index contributed by atoms with van der Waals surface area (Å²) in [6.07, 6.45) is 5.45. The first-order valence-corrected chi connectivity index (χ1v) is 18.8. The molecule has 1 aromatic heterocycles. The highest BCUT2D eigenvalue weighted by atomic mass is 32.2. The van der Waals surface area contributed by atoms with Gasteiger partial charge in [0, 0.05) is 23.1 Å². The Labute approximate surface area is 296 Å². The number of ether oxygens (including phenoxy) is 2. The van der Waals surface area contributed by atoms with Crippen LogP contribution in [-0.2, 0) is 24.4 Å². The van der Waals surface area contributed by atoms with Gasteiger partial charge in [0.2, 0.25) is 27.7 Å². The molecule has 5 N–H and O–H groups in total. The molecule has 51 heavy (non-hydrogen) atoms. The van der Waals surface area contributed by atoms with Crippen LogP contribution in [0.2, 0.25) is 0 Å². The minimum Gasteiger partial charge on any atom is -0.494 e. The summed E-state index contributed by atoms with van der Waals surface area (Å²) in [6.45, 7) is 3.08. The van der Waals surface area contributed by atoms with Crippen LogP contribution in [0.4, 0.5) is 4.79 Å². The fraction of sp³-hybridized carbons (Fsp3) is 0.571. The molecule has 0 unspecified atom stereocenters. The van der Waals surface area contributed by atoms with Gasteiger partial charge in [-0.15, -0.1) is 0 Å². The molecule has 15 nitrogen and oxygen atoms in total. The molecule has 0 radical (unpaired) electrons. The number of nitrogens with one attached hydrogen (secondary N) is 3. The van der Waals surface area contributed by atoms with Gasteiger partial charge in [-0.05, 0) is 56.4 Å². The number of rotatable bonds is 8. The van der Waals surface area contributed by atoms with Gasteiger partial charge in [-0.3, -0.25) is 19.1 Å². The molecule has 276 valence electrons. The second-order valence-electron chi connectivity index (χ2n) is 14.5. The van der Waals surface area contributed by atoms with Gasteiger partial charge in [-0.25, -0.2) is 18.2 Å². The molecule has 2 aliphatic carbocycles. The lowest BCUT2D eigenvalue weighted by Gasteiger charge is -2.32. The number of carbonyl (C=O) groups is 4. The third kappa shape index (κ3) is 7.07. The number of aliphatic hydroxyl groups excluding tert-OH is 1. The van der Waals surface area contributed by atoms with Crippen LogP contribution in [0.1, 0.15) is 58.8 Å². The van der Waals surface area contributed by atoms with E-state index in [9.17, 15) is 37.8 Å². The lowest BCUT2D eigenvalue weighted by Crippen LogP contribution is -2.59. The summed E-state index contributed by atoms with van der Waals surface area (Å²) in [7, 11) is -2.73. The minimum atomic E-state index is -4.26. The number of sulfonamides is 1. The van der Waals surface area contributed by atoms with Crippen molar-refractivity contribution < 1.29 is 47.3 Å². The first-order chi connectivity index (χ1) is 24.2. The maximum absolute atomic E-state index is 14.3. The number of hydrogen-bond acceptors (Lipinski definition) is 10. The average Bonchev–Trinajstić information content (AvgIpc) is 4.00. The number of nitrogens with zero attached hydrogens (tertiary/aromatic N) is 2. The normalized spacial score (nSPS) is 31.2. The summed E-state index contributed by atoms with van der Waals surface area (Å²) >= 11 is 0.